The molecule has 3 saturated carbocycles. The minimum absolute atomic E-state index is 0. The first kappa shape index (κ1) is 68.0. The summed E-state index contributed by atoms with van der Waals surface area (Å²) in [5.74, 6) is 0.345. The van der Waals surface area contributed by atoms with E-state index in [9.17, 15) is 15.0 Å². The quantitative estimate of drug-likeness (QED) is 0.0452. The number of hydrogen-bond donors (Lipinski definition) is 3. The van der Waals surface area contributed by atoms with Crippen molar-refractivity contribution in [3.8, 4) is 0 Å². The Morgan fingerprint density at radius 3 is 1.10 bits per heavy atom. The average Bonchev–Trinajstić information content (AvgIpc) is 4.02. The summed E-state index contributed by atoms with van der Waals surface area (Å²) in [5.41, 5.74) is 2.80. The van der Waals surface area contributed by atoms with Gasteiger partial charge in [-0.1, -0.05) is 42.4 Å². The van der Waals surface area contributed by atoms with Crippen molar-refractivity contribution in [2.24, 2.45) is 17.8 Å². The molecule has 6 heterocycles. The van der Waals surface area contributed by atoms with Crippen LogP contribution in [0.5, 0.6) is 0 Å². The Morgan fingerprint density at radius 2 is 0.859 bits per heavy atom. The molecule has 9 rings (SSSR count). The molecule has 71 heavy (non-hydrogen) atoms. The number of epoxide rings is 6. The molecule has 400 valence electrons. The molecule has 0 radical (unpaired) electrons. The number of hydrogen-bond acceptors (Lipinski definition) is 17. The summed E-state index contributed by atoms with van der Waals surface area (Å²) in [6, 6.07) is 0. The fourth-order valence-electron chi connectivity index (χ4n) is 12.1. The Bertz CT molecular complexity index is 1690. The normalized spacial score (nSPS) is 42.9. The van der Waals surface area contributed by atoms with E-state index >= 15 is 0 Å². The van der Waals surface area contributed by atoms with Crippen molar-refractivity contribution in [2.45, 2.75) is 216 Å². The van der Waals surface area contributed by atoms with Crippen molar-refractivity contribution in [3.63, 3.8) is 0 Å². The molecule has 9 aliphatic rings. The third kappa shape index (κ3) is 15.8. The maximum Gasteiger partial charge on any atom is 1.00 e. The Hall–Kier alpha value is 0.913. The van der Waals surface area contributed by atoms with E-state index in [1.165, 1.54) is 16.7 Å². The number of rotatable bonds is 15. The van der Waals surface area contributed by atoms with Gasteiger partial charge in [0.15, 0.2) is 0 Å². The van der Waals surface area contributed by atoms with E-state index in [0.717, 1.165) is 84.7 Å². The van der Waals surface area contributed by atoms with E-state index in [1.807, 2.05) is 0 Å². The summed E-state index contributed by atoms with van der Waals surface area (Å²) in [7, 11) is 6.04. The summed E-state index contributed by atoms with van der Waals surface area (Å²) in [6.45, 7) is 21.7. The van der Waals surface area contributed by atoms with Gasteiger partial charge in [0.1, 0.15) is 34.6 Å². The number of aliphatic hydroxyl groups is 3. The minimum atomic E-state index is -0.412. The molecule has 17 nitrogen and oxygen atoms in total. The van der Waals surface area contributed by atoms with Crippen LogP contribution in [-0.4, -0.2) is 165 Å². The van der Waals surface area contributed by atoms with Gasteiger partial charge in [0.25, 0.3) is 12.9 Å². The van der Waals surface area contributed by atoms with Crippen molar-refractivity contribution in [1.82, 2.24) is 0 Å². The molecule has 3 aliphatic carbocycles. The maximum atomic E-state index is 10.8. The van der Waals surface area contributed by atoms with Crippen LogP contribution in [-0.2, 0) is 61.8 Å². The molecule has 3 spiro atoms. The summed E-state index contributed by atoms with van der Waals surface area (Å²) in [6.07, 6.45) is 13.4. The Morgan fingerprint density at radius 1 is 0.577 bits per heavy atom. The van der Waals surface area contributed by atoms with Gasteiger partial charge in [0.2, 0.25) is 0 Å². The van der Waals surface area contributed by atoms with E-state index in [4.69, 9.17) is 62.5 Å². The van der Waals surface area contributed by atoms with Crippen molar-refractivity contribution in [2.75, 3.05) is 48.3 Å². The van der Waals surface area contributed by atoms with Crippen LogP contribution >= 0.6 is 0 Å². The van der Waals surface area contributed by atoms with Gasteiger partial charge in [-0.25, -0.2) is 0 Å². The third-order valence-corrected chi connectivity index (χ3v) is 16.0. The molecule has 19 heteroatoms. The van der Waals surface area contributed by atoms with Crippen LogP contribution in [0.2, 0.25) is 0 Å². The monoisotopic (exact) mass is 1060 g/mol. The summed E-state index contributed by atoms with van der Waals surface area (Å²) >= 11 is 0. The molecule has 0 aromatic rings. The number of ether oxygens (including phenoxy) is 10. The Kier molecular flexibility index (Phi) is 27.5. The first-order valence-corrected chi connectivity index (χ1v) is 24.3. The fraction of sp³-hybridized carbons (Fsp3) is 0.846. The Balaban J connectivity index is 0.000000498. The molecule has 0 bridgehead atoms. The predicted octanol–water partition coefficient (Wildman–Crippen LogP) is -0.854. The van der Waals surface area contributed by atoms with Crippen molar-refractivity contribution in [3.05, 3.63) is 34.9 Å². The van der Waals surface area contributed by atoms with Crippen LogP contribution in [0.25, 0.3) is 0 Å². The van der Waals surface area contributed by atoms with Crippen LogP contribution in [0.3, 0.4) is 0 Å². The van der Waals surface area contributed by atoms with Gasteiger partial charge in [-0.2, -0.15) is 0 Å². The van der Waals surface area contributed by atoms with E-state index in [0.29, 0.717) is 6.47 Å². The van der Waals surface area contributed by atoms with Gasteiger partial charge in [0, 0.05) is 28.4 Å². The number of carbonyl (C=O) groups excluding carboxylic acids is 2. The molecule has 3 N–H and O–H groups in total. The van der Waals surface area contributed by atoms with Crippen LogP contribution in [0.4, 0.5) is 0 Å². The fourth-order valence-corrected chi connectivity index (χ4v) is 12.1. The second-order valence-electron chi connectivity index (χ2n) is 21.2. The topological polar surface area (TPSA) is 239 Å². The summed E-state index contributed by atoms with van der Waals surface area (Å²) in [5, 5.41) is 35.9. The SMILES string of the molecule is C.CO.CO[C@@H]1[C@@H](O)CC[C@]2(CO2)[C@H]1[C@@]1(C)O[C@@H]1CC=C(C)C.CO[C@@H]1[C@H](O)CC[C@]2(CO2)[C@H]1[C@@]1(C)O[C@@H]1CC=C(C)C.CO[C@@H]1[C@H](OC=O)CC[C@]2(CO2)[C@H]1[C@@]1(C)O[C@@H]1CC=C(C)C.O=CO[O-].[H-].[K+].[K+]. The maximum absolute atomic E-state index is 10.8. The van der Waals surface area contributed by atoms with E-state index in [1.54, 1.807) is 21.3 Å². The molecule has 9 fully saturated rings. The molecule has 0 aromatic heterocycles. The van der Waals surface area contributed by atoms with Crippen LogP contribution in [0, 0.1) is 17.8 Å². The van der Waals surface area contributed by atoms with Gasteiger partial charge in [-0.3, -0.25) is 9.59 Å². The van der Waals surface area contributed by atoms with E-state index in [2.05, 4.69) is 85.4 Å². The molecule has 6 saturated heterocycles. The molecule has 0 aromatic carbocycles. The van der Waals surface area contributed by atoms with Gasteiger partial charge in [0.05, 0.1) is 91.5 Å². The zero-order valence-electron chi connectivity index (χ0n) is 45.9. The second kappa shape index (κ2) is 28.7. The third-order valence-electron chi connectivity index (χ3n) is 16.0. The number of allylic oxidation sites excluding steroid dienone is 3. The summed E-state index contributed by atoms with van der Waals surface area (Å²) < 4.78 is 57.8. The zero-order valence-corrected chi connectivity index (χ0v) is 51.1. The predicted molar refractivity (Wildman–Crippen MR) is 255 cm³/mol. The largest absolute Gasteiger partial charge is 1.00 e. The molecule has 6 aliphatic heterocycles. The van der Waals surface area contributed by atoms with Crippen LogP contribution in [0.15, 0.2) is 34.9 Å². The van der Waals surface area contributed by atoms with Crippen molar-refractivity contribution >= 4 is 12.9 Å². The van der Waals surface area contributed by atoms with Crippen molar-refractivity contribution in [1.29, 1.82) is 0 Å². The molecular formula is C52H88K2O17. The first-order valence-electron chi connectivity index (χ1n) is 24.3. The van der Waals surface area contributed by atoms with E-state index in [-0.39, 0.29) is 212 Å². The Labute approximate surface area is 510 Å². The number of carbonyl (C=O) groups is 2. The van der Waals surface area contributed by atoms with Gasteiger partial charge in [-0.05, 0) is 120 Å². The smallest absolute Gasteiger partial charge is 1.00 e. The van der Waals surface area contributed by atoms with Crippen LogP contribution < -0.4 is 108 Å². The van der Waals surface area contributed by atoms with Gasteiger partial charge < -0.3 is 74.3 Å². The van der Waals surface area contributed by atoms with E-state index < -0.39 is 12.2 Å². The summed E-state index contributed by atoms with van der Waals surface area (Å²) in [4.78, 5) is 22.0. The zero-order chi connectivity index (χ0) is 50.5. The average molecular weight is 1060 g/mol. The van der Waals surface area contributed by atoms with Crippen molar-refractivity contribution < 1.29 is 187 Å². The second-order valence-corrected chi connectivity index (χ2v) is 21.2. The molecule has 0 amide bonds. The van der Waals surface area contributed by atoms with Crippen LogP contribution in [0.1, 0.15) is 129 Å². The minimum Gasteiger partial charge on any atom is -1.00 e. The molecule has 0 unspecified atom stereocenters. The van der Waals surface area contributed by atoms with Gasteiger partial charge in [-0.15, -0.1) is 0 Å². The van der Waals surface area contributed by atoms with Gasteiger partial charge >= 0.3 is 103 Å². The molecule has 18 atom stereocenters. The number of aliphatic hydroxyl groups excluding tert-OH is 3. The standard InChI is InChI=1S/C17H26O5.2C16H26O4.CH2O3.CH4O.CH4.2K.H/c1-11(2)5-6-13-16(3,22-13)15-14(19-4)12(20-10-18)7-8-17(15)9-21-17;2*1-10(2)5-6-12-15(3,20-12)14-13(18-4)11(17)7-8-16(14)9-19-16;2-1-4-3;1-2;;;;/h5,10,12-15H,6-9H2,1-4H3;2*5,11-14,17H,6-9H2,1-4H3;1,3H;2H,1H3;1H4;;;/q;;;;;;2*+1;-1/p-1/t12-,13-,14-,15-,16+,17+;11-,12+,13+,14+,15-,16-;11-,12-,13-,14-,15+,16+;;;;;;/m101....../s1. The first-order chi connectivity index (χ1) is 32.2. The number of methoxy groups -OCH3 is 3. The molecular weight excluding hydrogens is 975 g/mol.